The van der Waals surface area contributed by atoms with Crippen molar-refractivity contribution in [1.29, 1.82) is 0 Å². The zero-order valence-corrected chi connectivity index (χ0v) is 14.3. The molecular weight excluding hydrogens is 308 g/mol. The lowest BCUT2D eigenvalue weighted by atomic mass is 10.00. The van der Waals surface area contributed by atoms with Gasteiger partial charge in [0, 0.05) is 11.1 Å². The van der Waals surface area contributed by atoms with E-state index in [2.05, 4.69) is 13.0 Å². The van der Waals surface area contributed by atoms with Crippen LogP contribution in [0.3, 0.4) is 0 Å². The molecule has 0 bridgehead atoms. The minimum absolute atomic E-state index is 0.292. The fourth-order valence-corrected chi connectivity index (χ4v) is 2.33. The molecule has 0 aliphatic rings. The Morgan fingerprint density at radius 1 is 1.13 bits per heavy atom. The Morgan fingerprint density at radius 3 is 2.48 bits per heavy atom. The highest BCUT2D eigenvalue weighted by Crippen LogP contribution is 2.24. The van der Waals surface area contributed by atoms with Gasteiger partial charge in [0.25, 0.3) is 0 Å². The molecule has 0 heterocycles. The van der Waals surface area contributed by atoms with Crippen LogP contribution in [0.25, 0.3) is 17.2 Å². The number of halogens is 1. The van der Waals surface area contributed by atoms with E-state index in [1.54, 1.807) is 6.08 Å². The smallest absolute Gasteiger partial charge is 0.330 e. The second-order valence-electron chi connectivity index (χ2n) is 5.43. The quantitative estimate of drug-likeness (QED) is 0.388. The molecule has 0 aromatic heterocycles. The maximum atomic E-state index is 11.6. The van der Waals surface area contributed by atoms with E-state index in [4.69, 9.17) is 16.3 Å². The average molecular weight is 329 g/mol. The molecule has 2 aromatic carbocycles. The molecular formula is C20H21ClO2. The molecule has 0 radical (unpaired) electrons. The molecule has 2 aromatic rings. The third-order valence-corrected chi connectivity index (χ3v) is 3.84. The molecule has 120 valence electrons. The molecule has 3 heteroatoms. The number of hydrogen-bond donors (Lipinski definition) is 0. The second kappa shape index (κ2) is 8.54. The van der Waals surface area contributed by atoms with Gasteiger partial charge < -0.3 is 4.74 Å². The highest BCUT2D eigenvalue weighted by Gasteiger charge is 2.02. The highest BCUT2D eigenvalue weighted by molar-refractivity contribution is 6.30. The van der Waals surface area contributed by atoms with Crippen LogP contribution in [0.1, 0.15) is 30.9 Å². The van der Waals surface area contributed by atoms with Crippen molar-refractivity contribution in [3.63, 3.8) is 0 Å². The summed E-state index contributed by atoms with van der Waals surface area (Å²) in [5.41, 5.74) is 4.36. The van der Waals surface area contributed by atoms with E-state index >= 15 is 0 Å². The summed E-state index contributed by atoms with van der Waals surface area (Å²) in [6.45, 7) is 4.57. The van der Waals surface area contributed by atoms with Gasteiger partial charge >= 0.3 is 5.97 Å². The second-order valence-corrected chi connectivity index (χ2v) is 5.87. The lowest BCUT2D eigenvalue weighted by Crippen LogP contribution is -2.01. The Bertz CT molecular complexity index is 687. The predicted octanol–water partition coefficient (Wildman–Crippen LogP) is 5.67. The van der Waals surface area contributed by atoms with Crippen LogP contribution in [0.2, 0.25) is 5.02 Å². The van der Waals surface area contributed by atoms with Crippen molar-refractivity contribution in [2.24, 2.45) is 0 Å². The van der Waals surface area contributed by atoms with Crippen molar-refractivity contribution < 1.29 is 9.53 Å². The van der Waals surface area contributed by atoms with Crippen LogP contribution >= 0.6 is 11.6 Å². The Balaban J connectivity index is 2.07. The maximum absolute atomic E-state index is 11.6. The van der Waals surface area contributed by atoms with Crippen LogP contribution in [0.15, 0.2) is 48.5 Å². The fourth-order valence-electron chi connectivity index (χ4n) is 2.21. The molecule has 23 heavy (non-hydrogen) atoms. The summed E-state index contributed by atoms with van der Waals surface area (Å²) in [6.07, 6.45) is 5.20. The van der Waals surface area contributed by atoms with Crippen LogP contribution in [-0.4, -0.2) is 12.6 Å². The van der Waals surface area contributed by atoms with E-state index in [0.717, 1.165) is 40.1 Å². The summed E-state index contributed by atoms with van der Waals surface area (Å²) in [4.78, 5) is 11.6. The number of hydrogen-bond acceptors (Lipinski definition) is 2. The molecule has 0 atom stereocenters. The number of aryl methyl sites for hydroxylation is 1. The maximum Gasteiger partial charge on any atom is 0.330 e. The Hall–Kier alpha value is -2.06. The van der Waals surface area contributed by atoms with Gasteiger partial charge in [-0.25, -0.2) is 4.79 Å². The third-order valence-electron chi connectivity index (χ3n) is 3.59. The van der Waals surface area contributed by atoms with Crippen molar-refractivity contribution >= 4 is 23.6 Å². The lowest BCUT2D eigenvalue weighted by Gasteiger charge is -2.06. The monoisotopic (exact) mass is 328 g/mol. The highest BCUT2D eigenvalue weighted by atomic mass is 35.5. The fraction of sp³-hybridized carbons (Fsp3) is 0.250. The minimum Gasteiger partial charge on any atom is -0.463 e. The minimum atomic E-state index is -0.292. The van der Waals surface area contributed by atoms with E-state index in [0.29, 0.717) is 6.61 Å². The first kappa shape index (κ1) is 17.3. The predicted molar refractivity (Wildman–Crippen MR) is 96.5 cm³/mol. The summed E-state index contributed by atoms with van der Waals surface area (Å²) in [6, 6.07) is 13.9. The van der Waals surface area contributed by atoms with E-state index in [1.807, 2.05) is 43.3 Å². The van der Waals surface area contributed by atoms with Crippen molar-refractivity contribution in [3.8, 4) is 11.1 Å². The Kier molecular flexibility index (Phi) is 6.42. The number of benzene rings is 2. The van der Waals surface area contributed by atoms with E-state index in [1.165, 1.54) is 6.08 Å². The zero-order chi connectivity index (χ0) is 16.7. The Morgan fingerprint density at radius 2 is 1.83 bits per heavy atom. The van der Waals surface area contributed by atoms with Crippen LogP contribution < -0.4 is 0 Å². The molecule has 0 spiro atoms. The van der Waals surface area contributed by atoms with Gasteiger partial charge in [-0.3, -0.25) is 0 Å². The molecule has 0 saturated heterocycles. The molecule has 0 N–H and O–H groups in total. The van der Waals surface area contributed by atoms with E-state index in [9.17, 15) is 4.79 Å². The number of rotatable bonds is 6. The number of unbranched alkanes of at least 4 members (excludes halogenated alkanes) is 1. The van der Waals surface area contributed by atoms with Gasteiger partial charge in [0.2, 0.25) is 0 Å². The van der Waals surface area contributed by atoms with Gasteiger partial charge in [-0.15, -0.1) is 0 Å². The summed E-state index contributed by atoms with van der Waals surface area (Å²) >= 11 is 5.92. The molecule has 0 amide bonds. The summed E-state index contributed by atoms with van der Waals surface area (Å²) < 4.78 is 5.11. The molecule has 0 aliphatic heterocycles. The van der Waals surface area contributed by atoms with Gasteiger partial charge in [0.1, 0.15) is 0 Å². The molecule has 2 rings (SSSR count). The van der Waals surface area contributed by atoms with Crippen molar-refractivity contribution in [2.45, 2.75) is 26.7 Å². The van der Waals surface area contributed by atoms with E-state index < -0.39 is 0 Å². The normalized spacial score (nSPS) is 10.9. The van der Waals surface area contributed by atoms with Crippen molar-refractivity contribution in [1.82, 2.24) is 0 Å². The van der Waals surface area contributed by atoms with Gasteiger partial charge in [-0.2, -0.15) is 0 Å². The zero-order valence-electron chi connectivity index (χ0n) is 13.5. The van der Waals surface area contributed by atoms with Crippen molar-refractivity contribution in [2.75, 3.05) is 6.61 Å². The largest absolute Gasteiger partial charge is 0.463 e. The van der Waals surface area contributed by atoms with E-state index in [-0.39, 0.29) is 5.97 Å². The Labute approximate surface area is 142 Å². The molecule has 0 fully saturated rings. The standard InChI is InChI=1S/C20H21ClO2/c1-3-4-13-23-20(22)12-9-16-5-6-18(14-15(16)2)17-7-10-19(21)11-8-17/h5-12,14H,3-4,13H2,1-2H3/b12-9+. The molecule has 2 nitrogen and oxygen atoms in total. The lowest BCUT2D eigenvalue weighted by molar-refractivity contribution is -0.137. The number of ether oxygens (including phenoxy) is 1. The summed E-state index contributed by atoms with van der Waals surface area (Å²) in [5.74, 6) is -0.292. The average Bonchev–Trinajstić information content (AvgIpc) is 2.54. The molecule has 0 unspecified atom stereocenters. The van der Waals surface area contributed by atoms with Crippen molar-refractivity contribution in [3.05, 3.63) is 64.7 Å². The topological polar surface area (TPSA) is 26.3 Å². The number of esters is 1. The first-order valence-electron chi connectivity index (χ1n) is 7.81. The summed E-state index contributed by atoms with van der Waals surface area (Å²) in [5, 5.41) is 0.728. The van der Waals surface area contributed by atoms with Gasteiger partial charge in [-0.1, -0.05) is 55.3 Å². The third kappa shape index (κ3) is 5.26. The van der Waals surface area contributed by atoms with Gasteiger partial charge in [-0.05, 0) is 53.8 Å². The SMILES string of the molecule is CCCCOC(=O)/C=C/c1ccc(-c2ccc(Cl)cc2)cc1C. The van der Waals surface area contributed by atoms with Gasteiger partial charge in [0.05, 0.1) is 6.61 Å². The van der Waals surface area contributed by atoms with Crippen LogP contribution in [0, 0.1) is 6.92 Å². The summed E-state index contributed by atoms with van der Waals surface area (Å²) in [7, 11) is 0. The van der Waals surface area contributed by atoms with Crippen LogP contribution in [0.4, 0.5) is 0 Å². The van der Waals surface area contributed by atoms with Crippen LogP contribution in [0.5, 0.6) is 0 Å². The number of carbonyl (C=O) groups excluding carboxylic acids is 1. The first-order chi connectivity index (χ1) is 11.1. The van der Waals surface area contributed by atoms with Crippen LogP contribution in [-0.2, 0) is 9.53 Å². The molecule has 0 saturated carbocycles. The molecule has 0 aliphatic carbocycles. The first-order valence-corrected chi connectivity index (χ1v) is 8.19. The van der Waals surface area contributed by atoms with Gasteiger partial charge in [0.15, 0.2) is 0 Å². The number of carbonyl (C=O) groups is 1.